The van der Waals surface area contributed by atoms with Gasteiger partial charge in [-0.1, -0.05) is 0 Å². The van der Waals surface area contributed by atoms with Crippen LogP contribution in [0.3, 0.4) is 0 Å². The minimum atomic E-state index is -1.14. The summed E-state index contributed by atoms with van der Waals surface area (Å²) in [6, 6.07) is 4.01. The first-order valence-electron chi connectivity index (χ1n) is 6.69. The zero-order valence-electron chi connectivity index (χ0n) is 11.7. The Kier molecular flexibility index (Phi) is 2.57. The van der Waals surface area contributed by atoms with E-state index >= 15 is 0 Å². The van der Waals surface area contributed by atoms with E-state index in [1.807, 2.05) is 0 Å². The zero-order valence-corrected chi connectivity index (χ0v) is 11.7. The van der Waals surface area contributed by atoms with E-state index in [9.17, 15) is 28.8 Å². The molecular formula is C16H4N2O6. The molecule has 4 rings (SSSR count). The van der Waals surface area contributed by atoms with Gasteiger partial charge in [-0.05, 0) is 24.3 Å². The molecule has 0 bridgehead atoms. The van der Waals surface area contributed by atoms with Gasteiger partial charge in [-0.15, -0.1) is 0 Å². The summed E-state index contributed by atoms with van der Waals surface area (Å²) in [7, 11) is 0. The van der Waals surface area contributed by atoms with Crippen LogP contribution in [0.15, 0.2) is 53.0 Å². The monoisotopic (exact) mass is 320 g/mol. The van der Waals surface area contributed by atoms with Crippen molar-refractivity contribution in [3.8, 4) is 0 Å². The Morgan fingerprint density at radius 2 is 1.12 bits per heavy atom. The van der Waals surface area contributed by atoms with E-state index in [0.29, 0.717) is 0 Å². The quantitative estimate of drug-likeness (QED) is 0.215. The van der Waals surface area contributed by atoms with Crippen molar-refractivity contribution in [2.75, 3.05) is 0 Å². The lowest BCUT2D eigenvalue weighted by molar-refractivity contribution is 1.34. The highest BCUT2D eigenvalue weighted by atomic mass is 16.2. The van der Waals surface area contributed by atoms with Crippen LogP contribution in [0.5, 0.6) is 0 Å². The molecule has 0 unspecified atom stereocenters. The molecule has 4 aromatic rings. The third-order valence-electron chi connectivity index (χ3n) is 3.77. The van der Waals surface area contributed by atoms with Crippen molar-refractivity contribution in [1.29, 1.82) is 0 Å². The lowest BCUT2D eigenvalue weighted by atomic mass is 10.1. The van der Waals surface area contributed by atoms with Gasteiger partial charge in [-0.2, -0.15) is 0 Å². The van der Waals surface area contributed by atoms with Crippen LogP contribution >= 0.6 is 0 Å². The van der Waals surface area contributed by atoms with Crippen molar-refractivity contribution in [2.45, 2.75) is 0 Å². The third-order valence-corrected chi connectivity index (χ3v) is 3.77. The van der Waals surface area contributed by atoms with Crippen LogP contribution in [-0.4, -0.2) is 9.97 Å². The van der Waals surface area contributed by atoms with Gasteiger partial charge in [0, 0.05) is 0 Å². The molecule has 0 aliphatic carbocycles. The van der Waals surface area contributed by atoms with Crippen LogP contribution < -0.4 is 32.6 Å². The Morgan fingerprint density at radius 1 is 0.500 bits per heavy atom. The maximum Gasteiger partial charge on any atom is 0.254 e. The van der Waals surface area contributed by atoms with Gasteiger partial charge in [0.15, 0.2) is 10.9 Å². The molecule has 8 heteroatoms. The maximum atomic E-state index is 12.2. The lowest BCUT2D eigenvalue weighted by Crippen LogP contribution is -2.31. The Labute approximate surface area is 129 Å². The number of rotatable bonds is 0. The molecule has 0 saturated heterocycles. The number of aromatic nitrogens is 2. The molecule has 0 atom stereocenters. The number of fused-ring (bicyclic) bond motifs is 4. The second kappa shape index (κ2) is 4.42. The molecule has 0 aliphatic rings. The molecule has 0 fully saturated rings. The van der Waals surface area contributed by atoms with Crippen LogP contribution in [0.1, 0.15) is 0 Å². The Hall–Kier alpha value is -3.68. The summed E-state index contributed by atoms with van der Waals surface area (Å²) in [5, 5.41) is -0.952. The van der Waals surface area contributed by atoms with Crippen LogP contribution in [-0.2, 0) is 0 Å². The summed E-state index contributed by atoms with van der Waals surface area (Å²) < 4.78 is 0. The van der Waals surface area contributed by atoms with Gasteiger partial charge in [-0.3, -0.25) is 28.8 Å². The van der Waals surface area contributed by atoms with Gasteiger partial charge < -0.3 is 0 Å². The number of nitrogens with zero attached hydrogens (tertiary/aromatic N) is 2. The van der Waals surface area contributed by atoms with Crippen molar-refractivity contribution in [3.63, 3.8) is 0 Å². The maximum absolute atomic E-state index is 12.2. The minimum Gasteiger partial charge on any atom is -0.289 e. The van der Waals surface area contributed by atoms with Gasteiger partial charge in [0.1, 0.15) is 16.6 Å². The summed E-state index contributed by atoms with van der Waals surface area (Å²) in [5.74, 6) is 0. The van der Waals surface area contributed by atoms with Crippen molar-refractivity contribution in [1.82, 2.24) is 9.97 Å². The molecule has 0 radical (unpaired) electrons. The topological polar surface area (TPSA) is 128 Å². The molecule has 0 amide bonds. The first kappa shape index (κ1) is 13.9. The number of hydrogen-bond donors (Lipinski definition) is 0. The molecule has 0 saturated carbocycles. The van der Waals surface area contributed by atoms with Gasteiger partial charge in [0.2, 0.25) is 10.9 Å². The molecule has 24 heavy (non-hydrogen) atoms. The largest absolute Gasteiger partial charge is 0.289 e. The van der Waals surface area contributed by atoms with Crippen LogP contribution in [0.2, 0.25) is 0 Å². The van der Waals surface area contributed by atoms with E-state index < -0.39 is 43.5 Å². The predicted octanol–water partition coefficient (Wildman–Crippen LogP) is -1.59. The van der Waals surface area contributed by atoms with Crippen molar-refractivity contribution >= 4 is 32.8 Å². The molecule has 1 heterocycles. The summed E-state index contributed by atoms with van der Waals surface area (Å²) in [4.78, 5) is 79.6. The Morgan fingerprint density at radius 3 is 1.83 bits per heavy atom. The average Bonchev–Trinajstić information content (AvgIpc) is 2.57. The molecule has 0 N–H and O–H groups in total. The standard InChI is InChI=1S/C16H4N2O6/c19-6-3-4-7(20)10-9(6)12-13(16(24)15(10)23)17-5-1-2-8(21)14(22)11(5)18-12/h1-4H. The number of benzene rings is 3. The fourth-order valence-electron chi connectivity index (χ4n) is 2.66. The smallest absolute Gasteiger partial charge is 0.254 e. The molecule has 1 aromatic heterocycles. The fourth-order valence-corrected chi connectivity index (χ4v) is 2.66. The molecule has 0 aliphatic heterocycles. The van der Waals surface area contributed by atoms with Crippen LogP contribution in [0.4, 0.5) is 0 Å². The Bertz CT molecular complexity index is 1520. The average molecular weight is 320 g/mol. The highest BCUT2D eigenvalue weighted by Crippen LogP contribution is 2.14. The molecule has 0 spiro atoms. The highest BCUT2D eigenvalue weighted by Gasteiger charge is 2.19. The fraction of sp³-hybridized carbons (Fsp3) is 0. The SMILES string of the molecule is O=c1ccc2nc3c(=O)c(=O)c4c(=O)ccc(=O)c4c3nc2c1=O. The first-order valence-corrected chi connectivity index (χ1v) is 6.69. The van der Waals surface area contributed by atoms with Crippen LogP contribution in [0, 0.1) is 0 Å². The lowest BCUT2D eigenvalue weighted by Gasteiger charge is -2.01. The number of hydrogen-bond acceptors (Lipinski definition) is 8. The second-order valence-electron chi connectivity index (χ2n) is 5.15. The summed E-state index contributed by atoms with van der Waals surface area (Å²) >= 11 is 0. The van der Waals surface area contributed by atoms with E-state index in [-0.39, 0.29) is 21.9 Å². The molecule has 8 nitrogen and oxygen atoms in total. The summed E-state index contributed by atoms with van der Waals surface area (Å²) in [5.41, 5.74) is -6.62. The van der Waals surface area contributed by atoms with Crippen molar-refractivity contribution in [3.05, 3.63) is 85.6 Å². The minimum absolute atomic E-state index is 0.0475. The highest BCUT2D eigenvalue weighted by molar-refractivity contribution is 6.05. The van der Waals surface area contributed by atoms with E-state index in [1.54, 1.807) is 0 Å². The first-order chi connectivity index (χ1) is 11.4. The molecule has 114 valence electrons. The van der Waals surface area contributed by atoms with Crippen molar-refractivity contribution in [2.24, 2.45) is 0 Å². The van der Waals surface area contributed by atoms with E-state index in [2.05, 4.69) is 9.97 Å². The predicted molar refractivity (Wildman–Crippen MR) is 85.7 cm³/mol. The van der Waals surface area contributed by atoms with Gasteiger partial charge in [0.05, 0.1) is 16.3 Å². The third kappa shape index (κ3) is 1.62. The summed E-state index contributed by atoms with van der Waals surface area (Å²) in [6.07, 6.45) is 0. The normalized spacial score (nSPS) is 11.5. The molecule has 3 aromatic carbocycles. The van der Waals surface area contributed by atoms with Gasteiger partial charge in [-0.25, -0.2) is 9.97 Å². The second-order valence-corrected chi connectivity index (χ2v) is 5.15. The van der Waals surface area contributed by atoms with E-state index in [4.69, 9.17) is 0 Å². The van der Waals surface area contributed by atoms with Gasteiger partial charge in [0.25, 0.3) is 10.9 Å². The summed E-state index contributed by atoms with van der Waals surface area (Å²) in [6.45, 7) is 0. The van der Waals surface area contributed by atoms with Crippen molar-refractivity contribution < 1.29 is 0 Å². The van der Waals surface area contributed by atoms with E-state index in [0.717, 1.165) is 18.2 Å². The molecular weight excluding hydrogens is 316 g/mol. The Balaban J connectivity index is 2.52. The zero-order chi connectivity index (χ0) is 17.2. The van der Waals surface area contributed by atoms with Gasteiger partial charge >= 0.3 is 0 Å². The van der Waals surface area contributed by atoms with Crippen LogP contribution in [0.25, 0.3) is 32.8 Å². The van der Waals surface area contributed by atoms with E-state index in [1.165, 1.54) is 6.07 Å².